The van der Waals surface area contributed by atoms with Gasteiger partial charge in [0.15, 0.2) is 17.3 Å². The number of oxazole rings is 1. The second kappa shape index (κ2) is 5.76. The van der Waals surface area contributed by atoms with Gasteiger partial charge in [0.05, 0.1) is 18.3 Å². The van der Waals surface area contributed by atoms with Crippen molar-refractivity contribution in [2.24, 2.45) is 0 Å². The first-order valence-electron chi connectivity index (χ1n) is 6.19. The van der Waals surface area contributed by atoms with Crippen LogP contribution in [-0.4, -0.2) is 15.9 Å². The van der Waals surface area contributed by atoms with Crippen LogP contribution >= 0.6 is 11.3 Å². The van der Waals surface area contributed by atoms with Crippen LogP contribution in [-0.2, 0) is 11.2 Å². The van der Waals surface area contributed by atoms with Crippen LogP contribution in [0.4, 0.5) is 10.8 Å². The van der Waals surface area contributed by atoms with Crippen LogP contribution in [0.25, 0.3) is 11.3 Å². The molecule has 0 aliphatic rings. The van der Waals surface area contributed by atoms with E-state index in [0.29, 0.717) is 22.3 Å². The normalized spacial score (nSPS) is 10.5. The van der Waals surface area contributed by atoms with Crippen molar-refractivity contribution in [1.82, 2.24) is 9.97 Å². The van der Waals surface area contributed by atoms with Gasteiger partial charge >= 0.3 is 0 Å². The Morgan fingerprint density at radius 3 is 3.05 bits per heavy atom. The summed E-state index contributed by atoms with van der Waals surface area (Å²) in [5, 5.41) is 5.07. The zero-order chi connectivity index (χ0) is 14.7. The predicted octanol–water partition coefficient (Wildman–Crippen LogP) is 2.56. The molecule has 1 amide bonds. The average Bonchev–Trinajstić information content (AvgIpc) is 3.11. The topological polar surface area (TPSA) is 94.0 Å². The third-order valence-electron chi connectivity index (χ3n) is 2.77. The zero-order valence-corrected chi connectivity index (χ0v) is 11.8. The van der Waals surface area contributed by atoms with Gasteiger partial charge in [0.25, 0.3) is 0 Å². The number of hydrogen-bond donors (Lipinski definition) is 2. The number of benzene rings is 1. The van der Waals surface area contributed by atoms with Crippen LogP contribution in [0.3, 0.4) is 0 Å². The van der Waals surface area contributed by atoms with Gasteiger partial charge in [0.2, 0.25) is 5.91 Å². The number of carbonyl (C=O) groups is 1. The SMILES string of the molecule is Nc1nc(CC(=O)Nc2cccc(-c3cnco3)c2)cs1. The predicted molar refractivity (Wildman–Crippen MR) is 80.8 cm³/mol. The summed E-state index contributed by atoms with van der Waals surface area (Å²) in [6, 6.07) is 7.37. The van der Waals surface area contributed by atoms with Crippen molar-refractivity contribution in [1.29, 1.82) is 0 Å². The maximum absolute atomic E-state index is 12.0. The van der Waals surface area contributed by atoms with Crippen molar-refractivity contribution in [3.05, 3.63) is 47.9 Å². The molecule has 0 atom stereocenters. The molecule has 0 saturated heterocycles. The van der Waals surface area contributed by atoms with E-state index < -0.39 is 0 Å². The number of anilines is 2. The Labute approximate surface area is 124 Å². The van der Waals surface area contributed by atoms with E-state index in [9.17, 15) is 4.79 Å². The summed E-state index contributed by atoms with van der Waals surface area (Å²) < 4.78 is 5.23. The van der Waals surface area contributed by atoms with Crippen LogP contribution in [0, 0.1) is 0 Å². The lowest BCUT2D eigenvalue weighted by Gasteiger charge is -2.05. The van der Waals surface area contributed by atoms with Gasteiger partial charge in [-0.25, -0.2) is 9.97 Å². The van der Waals surface area contributed by atoms with E-state index in [0.717, 1.165) is 5.56 Å². The molecule has 3 rings (SSSR count). The summed E-state index contributed by atoms with van der Waals surface area (Å²) in [5.74, 6) is 0.508. The Morgan fingerprint density at radius 1 is 1.43 bits per heavy atom. The number of thiazole rings is 1. The van der Waals surface area contributed by atoms with E-state index >= 15 is 0 Å². The molecule has 21 heavy (non-hydrogen) atoms. The summed E-state index contributed by atoms with van der Waals surface area (Å²) in [7, 11) is 0. The monoisotopic (exact) mass is 300 g/mol. The Kier molecular flexibility index (Phi) is 3.65. The van der Waals surface area contributed by atoms with Crippen LogP contribution in [0.15, 0.2) is 46.7 Å². The van der Waals surface area contributed by atoms with Crippen molar-refractivity contribution in [3.63, 3.8) is 0 Å². The lowest BCUT2D eigenvalue weighted by Crippen LogP contribution is -2.14. The quantitative estimate of drug-likeness (QED) is 0.772. The van der Waals surface area contributed by atoms with Gasteiger partial charge in [0, 0.05) is 16.6 Å². The number of nitrogens with two attached hydrogens (primary N) is 1. The van der Waals surface area contributed by atoms with Crippen LogP contribution in [0.5, 0.6) is 0 Å². The fourth-order valence-electron chi connectivity index (χ4n) is 1.88. The zero-order valence-electron chi connectivity index (χ0n) is 10.9. The molecule has 0 aliphatic heterocycles. The first-order chi connectivity index (χ1) is 10.2. The van der Waals surface area contributed by atoms with Gasteiger partial charge in [-0.1, -0.05) is 12.1 Å². The number of nitrogens with one attached hydrogen (secondary N) is 1. The third kappa shape index (κ3) is 3.26. The number of nitrogens with zero attached hydrogens (tertiary/aromatic N) is 2. The first kappa shape index (κ1) is 13.3. The minimum atomic E-state index is -0.144. The van der Waals surface area contributed by atoms with Gasteiger partial charge in [-0.05, 0) is 12.1 Å². The summed E-state index contributed by atoms with van der Waals surface area (Å²) in [4.78, 5) is 19.9. The molecule has 0 radical (unpaired) electrons. The first-order valence-corrected chi connectivity index (χ1v) is 7.07. The molecule has 2 heterocycles. The molecule has 2 aromatic heterocycles. The average molecular weight is 300 g/mol. The Balaban J connectivity index is 1.70. The molecule has 7 heteroatoms. The summed E-state index contributed by atoms with van der Waals surface area (Å²) >= 11 is 1.32. The van der Waals surface area contributed by atoms with Gasteiger partial charge in [-0.3, -0.25) is 4.79 Å². The number of aromatic nitrogens is 2. The lowest BCUT2D eigenvalue weighted by molar-refractivity contribution is -0.115. The molecule has 0 unspecified atom stereocenters. The van der Waals surface area contributed by atoms with E-state index in [2.05, 4.69) is 15.3 Å². The molecule has 3 aromatic rings. The Morgan fingerprint density at radius 2 is 2.33 bits per heavy atom. The molecule has 1 aromatic carbocycles. The summed E-state index contributed by atoms with van der Waals surface area (Å²) in [5.41, 5.74) is 7.75. The summed E-state index contributed by atoms with van der Waals surface area (Å²) in [6.45, 7) is 0. The van der Waals surface area contributed by atoms with E-state index in [1.54, 1.807) is 11.6 Å². The molecule has 0 fully saturated rings. The smallest absolute Gasteiger partial charge is 0.230 e. The van der Waals surface area contributed by atoms with E-state index in [4.69, 9.17) is 10.2 Å². The van der Waals surface area contributed by atoms with Crippen molar-refractivity contribution in [2.75, 3.05) is 11.1 Å². The molecule has 106 valence electrons. The molecule has 0 spiro atoms. The fourth-order valence-corrected chi connectivity index (χ4v) is 2.44. The van der Waals surface area contributed by atoms with Gasteiger partial charge in [-0.15, -0.1) is 11.3 Å². The molecule has 3 N–H and O–H groups in total. The minimum absolute atomic E-state index is 0.144. The highest BCUT2D eigenvalue weighted by Gasteiger charge is 2.08. The number of carbonyl (C=O) groups excluding carboxylic acids is 1. The van der Waals surface area contributed by atoms with Crippen molar-refractivity contribution < 1.29 is 9.21 Å². The second-order valence-electron chi connectivity index (χ2n) is 4.35. The van der Waals surface area contributed by atoms with Gasteiger partial charge in [0.1, 0.15) is 0 Å². The largest absolute Gasteiger partial charge is 0.444 e. The van der Waals surface area contributed by atoms with E-state index in [1.807, 2.05) is 24.3 Å². The van der Waals surface area contributed by atoms with Crippen LogP contribution < -0.4 is 11.1 Å². The van der Waals surface area contributed by atoms with Gasteiger partial charge in [-0.2, -0.15) is 0 Å². The molecular weight excluding hydrogens is 288 g/mol. The molecular formula is C14H12N4O2S. The van der Waals surface area contributed by atoms with Crippen LogP contribution in [0.1, 0.15) is 5.69 Å². The Bertz CT molecular complexity index is 752. The Hall–Kier alpha value is -2.67. The van der Waals surface area contributed by atoms with Crippen LogP contribution in [0.2, 0.25) is 0 Å². The second-order valence-corrected chi connectivity index (χ2v) is 5.24. The highest BCUT2D eigenvalue weighted by atomic mass is 32.1. The van der Waals surface area contributed by atoms with Crippen molar-refractivity contribution >= 4 is 28.1 Å². The third-order valence-corrected chi connectivity index (χ3v) is 3.50. The van der Waals surface area contributed by atoms with Crippen molar-refractivity contribution in [2.45, 2.75) is 6.42 Å². The number of nitrogen functional groups attached to an aromatic ring is 1. The molecule has 0 saturated carbocycles. The number of hydrogen-bond acceptors (Lipinski definition) is 6. The highest BCUT2D eigenvalue weighted by Crippen LogP contribution is 2.22. The van der Waals surface area contributed by atoms with E-state index in [-0.39, 0.29) is 12.3 Å². The van der Waals surface area contributed by atoms with Crippen molar-refractivity contribution in [3.8, 4) is 11.3 Å². The number of rotatable bonds is 4. The molecule has 0 aliphatic carbocycles. The van der Waals surface area contributed by atoms with Gasteiger partial charge < -0.3 is 15.5 Å². The highest BCUT2D eigenvalue weighted by molar-refractivity contribution is 7.13. The fraction of sp³-hybridized carbons (Fsp3) is 0.0714. The standard InChI is InChI=1S/C14H12N4O2S/c15-14-18-11(7-21-14)5-13(19)17-10-3-1-2-9(4-10)12-6-16-8-20-12/h1-4,6-8H,5H2,(H2,15,18)(H,17,19). The number of amides is 1. The maximum Gasteiger partial charge on any atom is 0.230 e. The maximum atomic E-state index is 12.0. The van der Waals surface area contributed by atoms with E-state index in [1.165, 1.54) is 17.7 Å². The minimum Gasteiger partial charge on any atom is -0.444 e. The molecule has 6 nitrogen and oxygen atoms in total. The summed E-state index contributed by atoms with van der Waals surface area (Å²) in [6.07, 6.45) is 3.19. The lowest BCUT2D eigenvalue weighted by atomic mass is 10.1. The molecule has 0 bridgehead atoms.